The number of fused-ring (bicyclic) bond motifs is 1. The van der Waals surface area contributed by atoms with Gasteiger partial charge in [-0.3, -0.25) is 0 Å². The molecular weight excluding hydrogens is 268 g/mol. The number of nitriles is 1. The fourth-order valence-corrected chi connectivity index (χ4v) is 2.85. The predicted octanol–water partition coefficient (Wildman–Crippen LogP) is 4.91. The van der Waals surface area contributed by atoms with E-state index in [1.54, 1.807) is 0 Å². The summed E-state index contributed by atoms with van der Waals surface area (Å²) in [6, 6.07) is 16.9. The summed E-state index contributed by atoms with van der Waals surface area (Å²) in [7, 11) is 0. The van der Waals surface area contributed by atoms with Crippen molar-refractivity contribution >= 4 is 10.9 Å². The van der Waals surface area contributed by atoms with Crippen molar-refractivity contribution in [3.05, 3.63) is 70.9 Å². The van der Waals surface area contributed by atoms with Crippen LogP contribution in [0.15, 0.2) is 48.7 Å². The van der Waals surface area contributed by atoms with Gasteiger partial charge < -0.3 is 4.98 Å². The van der Waals surface area contributed by atoms with Gasteiger partial charge >= 0.3 is 0 Å². The van der Waals surface area contributed by atoms with Crippen molar-refractivity contribution < 1.29 is 0 Å². The van der Waals surface area contributed by atoms with Crippen molar-refractivity contribution in [3.63, 3.8) is 0 Å². The quantitative estimate of drug-likeness (QED) is 0.665. The number of nitrogens with one attached hydrogen (secondary N) is 1. The number of hydrogen-bond donors (Lipinski definition) is 1. The predicted molar refractivity (Wildman–Crippen MR) is 90.8 cm³/mol. The molecule has 0 spiro atoms. The summed E-state index contributed by atoms with van der Waals surface area (Å²) in [5, 5.41) is 10.2. The van der Waals surface area contributed by atoms with E-state index in [0.717, 1.165) is 30.3 Å². The highest BCUT2D eigenvalue weighted by atomic mass is 14.7. The van der Waals surface area contributed by atoms with Crippen LogP contribution in [0.25, 0.3) is 10.9 Å². The average molecular weight is 288 g/mol. The zero-order valence-corrected chi connectivity index (χ0v) is 12.9. The summed E-state index contributed by atoms with van der Waals surface area (Å²) in [5.41, 5.74) is 5.89. The molecular formula is C20H20N2. The number of hydrogen-bond acceptors (Lipinski definition) is 1. The van der Waals surface area contributed by atoms with Crippen molar-refractivity contribution in [3.8, 4) is 6.07 Å². The van der Waals surface area contributed by atoms with E-state index in [-0.39, 0.29) is 0 Å². The minimum Gasteiger partial charge on any atom is -0.361 e. The molecule has 0 amide bonds. The Morgan fingerprint density at radius 1 is 1.00 bits per heavy atom. The number of aromatic amines is 1. The first-order chi connectivity index (χ1) is 10.8. The molecule has 2 aromatic carbocycles. The van der Waals surface area contributed by atoms with E-state index in [0.29, 0.717) is 0 Å². The van der Waals surface area contributed by atoms with Gasteiger partial charge in [0.2, 0.25) is 0 Å². The van der Waals surface area contributed by atoms with E-state index in [1.165, 1.54) is 28.5 Å². The Balaban J connectivity index is 1.60. The molecule has 110 valence electrons. The Morgan fingerprint density at radius 3 is 2.55 bits per heavy atom. The molecule has 0 unspecified atom stereocenters. The molecule has 3 aromatic rings. The maximum absolute atomic E-state index is 9.02. The van der Waals surface area contributed by atoms with Crippen molar-refractivity contribution in [1.29, 1.82) is 5.26 Å². The standard InChI is InChI=1S/C20H20N2/c1-15-6-8-16(9-7-15)4-2-3-5-18-14-22-20-11-10-17(13-21)12-19(18)20/h6-12,14,22H,2-5H2,1H3. The van der Waals surface area contributed by atoms with E-state index in [4.69, 9.17) is 5.26 Å². The maximum atomic E-state index is 9.02. The van der Waals surface area contributed by atoms with Gasteiger partial charge in [0.05, 0.1) is 11.6 Å². The molecule has 2 nitrogen and oxygen atoms in total. The van der Waals surface area contributed by atoms with Crippen LogP contribution >= 0.6 is 0 Å². The number of nitrogens with zero attached hydrogens (tertiary/aromatic N) is 1. The molecule has 0 aliphatic heterocycles. The fraction of sp³-hybridized carbons (Fsp3) is 0.250. The van der Waals surface area contributed by atoms with Crippen LogP contribution in [-0.2, 0) is 12.8 Å². The Morgan fingerprint density at radius 2 is 1.77 bits per heavy atom. The number of aromatic nitrogens is 1. The molecule has 0 aliphatic rings. The van der Waals surface area contributed by atoms with Gasteiger partial charge in [-0.05, 0) is 61.9 Å². The second kappa shape index (κ2) is 6.49. The third-order valence-corrected chi connectivity index (χ3v) is 4.18. The van der Waals surface area contributed by atoms with Gasteiger partial charge in [0.15, 0.2) is 0 Å². The second-order valence-electron chi connectivity index (χ2n) is 5.88. The maximum Gasteiger partial charge on any atom is 0.0991 e. The van der Waals surface area contributed by atoms with Gasteiger partial charge in [-0.2, -0.15) is 5.26 Å². The fourth-order valence-electron chi connectivity index (χ4n) is 2.85. The number of H-pyrrole nitrogens is 1. The first-order valence-electron chi connectivity index (χ1n) is 7.82. The highest BCUT2D eigenvalue weighted by Gasteiger charge is 2.04. The third-order valence-electron chi connectivity index (χ3n) is 4.18. The summed E-state index contributed by atoms with van der Waals surface area (Å²) in [5.74, 6) is 0. The lowest BCUT2D eigenvalue weighted by Crippen LogP contribution is -1.89. The van der Waals surface area contributed by atoms with Crippen LogP contribution in [-0.4, -0.2) is 4.98 Å². The van der Waals surface area contributed by atoms with E-state index < -0.39 is 0 Å². The number of benzene rings is 2. The minimum absolute atomic E-state index is 0.730. The van der Waals surface area contributed by atoms with Gasteiger partial charge in [0.1, 0.15) is 0 Å². The van der Waals surface area contributed by atoms with Crippen molar-refractivity contribution in [1.82, 2.24) is 4.98 Å². The zero-order chi connectivity index (χ0) is 15.4. The van der Waals surface area contributed by atoms with E-state index in [1.807, 2.05) is 18.2 Å². The van der Waals surface area contributed by atoms with E-state index in [9.17, 15) is 0 Å². The summed E-state index contributed by atoms with van der Waals surface area (Å²) in [6.45, 7) is 2.12. The van der Waals surface area contributed by atoms with Gasteiger partial charge in [-0.1, -0.05) is 29.8 Å². The Labute approximate surface area is 131 Å². The molecule has 0 aliphatic carbocycles. The topological polar surface area (TPSA) is 39.6 Å². The Hall–Kier alpha value is -2.53. The lowest BCUT2D eigenvalue weighted by Gasteiger charge is -2.03. The Kier molecular flexibility index (Phi) is 4.25. The number of rotatable bonds is 5. The molecule has 1 aromatic heterocycles. The molecule has 2 heteroatoms. The molecule has 1 N–H and O–H groups in total. The molecule has 0 saturated heterocycles. The van der Waals surface area contributed by atoms with Gasteiger partial charge in [0.25, 0.3) is 0 Å². The highest BCUT2D eigenvalue weighted by Crippen LogP contribution is 2.21. The van der Waals surface area contributed by atoms with Crippen LogP contribution < -0.4 is 0 Å². The number of unbranched alkanes of at least 4 members (excludes halogenated alkanes) is 1. The van der Waals surface area contributed by atoms with Gasteiger partial charge in [-0.25, -0.2) is 0 Å². The largest absolute Gasteiger partial charge is 0.361 e. The molecule has 22 heavy (non-hydrogen) atoms. The highest BCUT2D eigenvalue weighted by molar-refractivity contribution is 5.84. The molecule has 1 heterocycles. The third kappa shape index (κ3) is 3.20. The first-order valence-corrected chi connectivity index (χ1v) is 7.82. The molecule has 0 fully saturated rings. The Bertz CT molecular complexity index is 804. The lowest BCUT2D eigenvalue weighted by molar-refractivity contribution is 0.736. The monoisotopic (exact) mass is 288 g/mol. The zero-order valence-electron chi connectivity index (χ0n) is 12.9. The van der Waals surface area contributed by atoms with Gasteiger partial charge in [-0.15, -0.1) is 0 Å². The molecule has 3 rings (SSSR count). The normalized spacial score (nSPS) is 10.7. The van der Waals surface area contributed by atoms with Crippen LogP contribution in [0.5, 0.6) is 0 Å². The van der Waals surface area contributed by atoms with Gasteiger partial charge in [0, 0.05) is 17.1 Å². The molecule has 0 radical (unpaired) electrons. The van der Waals surface area contributed by atoms with Crippen LogP contribution in [0.3, 0.4) is 0 Å². The van der Waals surface area contributed by atoms with Crippen molar-refractivity contribution in [2.75, 3.05) is 0 Å². The van der Waals surface area contributed by atoms with Crippen LogP contribution in [0.2, 0.25) is 0 Å². The molecule has 0 bridgehead atoms. The van der Waals surface area contributed by atoms with E-state index >= 15 is 0 Å². The number of aryl methyl sites for hydroxylation is 3. The van der Waals surface area contributed by atoms with Crippen LogP contribution in [0, 0.1) is 18.3 Å². The summed E-state index contributed by atoms with van der Waals surface area (Å²) in [4.78, 5) is 3.29. The van der Waals surface area contributed by atoms with E-state index in [2.05, 4.69) is 48.4 Å². The van der Waals surface area contributed by atoms with Crippen molar-refractivity contribution in [2.45, 2.75) is 32.6 Å². The smallest absolute Gasteiger partial charge is 0.0991 e. The van der Waals surface area contributed by atoms with Crippen molar-refractivity contribution in [2.24, 2.45) is 0 Å². The average Bonchev–Trinajstić information content (AvgIpc) is 2.95. The SMILES string of the molecule is Cc1ccc(CCCCc2c[nH]c3ccc(C#N)cc23)cc1. The lowest BCUT2D eigenvalue weighted by atomic mass is 10.0. The minimum atomic E-state index is 0.730. The van der Waals surface area contributed by atoms with Crippen LogP contribution in [0.1, 0.15) is 35.1 Å². The summed E-state index contributed by atoms with van der Waals surface area (Å²) >= 11 is 0. The summed E-state index contributed by atoms with van der Waals surface area (Å²) < 4.78 is 0. The summed E-state index contributed by atoms with van der Waals surface area (Å²) in [6.07, 6.45) is 6.62. The molecule has 0 atom stereocenters. The second-order valence-corrected chi connectivity index (χ2v) is 5.88. The van der Waals surface area contributed by atoms with Crippen LogP contribution in [0.4, 0.5) is 0 Å². The molecule has 0 saturated carbocycles. The first kappa shape index (κ1) is 14.4.